The van der Waals surface area contributed by atoms with Crippen molar-refractivity contribution in [2.24, 2.45) is 0 Å². The average molecular weight is 351 g/mol. The van der Waals surface area contributed by atoms with Crippen molar-refractivity contribution in [2.75, 3.05) is 6.54 Å². The molecule has 0 bridgehead atoms. The van der Waals surface area contributed by atoms with Crippen molar-refractivity contribution in [3.05, 3.63) is 34.7 Å². The fourth-order valence-electron chi connectivity index (χ4n) is 1.83. The highest BCUT2D eigenvalue weighted by molar-refractivity contribution is 8.26. The zero-order chi connectivity index (χ0) is 17.0. The summed E-state index contributed by atoms with van der Waals surface area (Å²) in [7, 11) is 0. The molecular weight excluding hydrogens is 334 g/mol. The topological polar surface area (TPSA) is 66.8 Å². The first-order valence-electron chi connectivity index (χ1n) is 7.14. The Morgan fingerprint density at radius 1 is 1.43 bits per heavy atom. The van der Waals surface area contributed by atoms with Crippen molar-refractivity contribution in [1.82, 2.24) is 4.90 Å². The lowest BCUT2D eigenvalue weighted by Gasteiger charge is -2.16. The number of amides is 1. The van der Waals surface area contributed by atoms with Crippen LogP contribution >= 0.6 is 24.0 Å². The standard InChI is InChI=1S/C16H17NO4S2/c1-3-10(2)21-14(19)9-17-15(20)13(23-16(17)22)8-11-4-6-12(18)7-5-11/h4-8,10,18H,3,9H2,1-2H3/b13-8-/t10-/m1/s1. The Bertz CT molecular complexity index is 655. The van der Waals surface area contributed by atoms with E-state index < -0.39 is 5.97 Å². The van der Waals surface area contributed by atoms with E-state index in [0.29, 0.717) is 15.6 Å². The molecule has 122 valence electrons. The molecule has 0 spiro atoms. The molecule has 1 heterocycles. The molecule has 0 aromatic heterocycles. The van der Waals surface area contributed by atoms with Gasteiger partial charge in [0.15, 0.2) is 0 Å². The van der Waals surface area contributed by atoms with E-state index in [2.05, 4.69) is 0 Å². The van der Waals surface area contributed by atoms with E-state index in [1.54, 1.807) is 25.1 Å². The van der Waals surface area contributed by atoms with Gasteiger partial charge in [0.2, 0.25) is 0 Å². The number of aromatic hydroxyl groups is 1. The summed E-state index contributed by atoms with van der Waals surface area (Å²) in [6.07, 6.45) is 2.21. The second kappa shape index (κ2) is 7.61. The second-order valence-electron chi connectivity index (χ2n) is 5.07. The monoisotopic (exact) mass is 351 g/mol. The van der Waals surface area contributed by atoms with Crippen LogP contribution in [0.25, 0.3) is 6.08 Å². The number of benzene rings is 1. The lowest BCUT2D eigenvalue weighted by atomic mass is 10.2. The highest BCUT2D eigenvalue weighted by atomic mass is 32.2. The Labute approximate surface area is 144 Å². The van der Waals surface area contributed by atoms with Crippen LogP contribution in [0.5, 0.6) is 5.75 Å². The number of phenols is 1. The quantitative estimate of drug-likeness (QED) is 0.500. The van der Waals surface area contributed by atoms with Crippen molar-refractivity contribution >= 4 is 46.3 Å². The molecule has 1 aliphatic heterocycles. The van der Waals surface area contributed by atoms with Crippen molar-refractivity contribution in [1.29, 1.82) is 0 Å². The van der Waals surface area contributed by atoms with E-state index in [9.17, 15) is 14.7 Å². The minimum atomic E-state index is -0.471. The summed E-state index contributed by atoms with van der Waals surface area (Å²) in [5.74, 6) is -0.627. The third-order valence-corrected chi connectivity index (χ3v) is 4.64. The molecule has 7 heteroatoms. The highest BCUT2D eigenvalue weighted by Gasteiger charge is 2.33. The van der Waals surface area contributed by atoms with E-state index in [-0.39, 0.29) is 24.3 Å². The van der Waals surface area contributed by atoms with Gasteiger partial charge in [-0.25, -0.2) is 0 Å². The molecule has 0 aliphatic carbocycles. The molecule has 23 heavy (non-hydrogen) atoms. The SMILES string of the molecule is CC[C@@H](C)OC(=O)CN1C(=O)/C(=C/c2ccc(O)cc2)SC1=S. The van der Waals surface area contributed by atoms with Crippen molar-refractivity contribution in [3.8, 4) is 5.75 Å². The van der Waals surface area contributed by atoms with Crippen LogP contribution < -0.4 is 0 Å². The Morgan fingerprint density at radius 2 is 2.09 bits per heavy atom. The number of thioether (sulfide) groups is 1. The van der Waals surface area contributed by atoms with Gasteiger partial charge >= 0.3 is 5.97 Å². The van der Waals surface area contributed by atoms with Crippen molar-refractivity contribution in [3.63, 3.8) is 0 Å². The van der Waals surface area contributed by atoms with E-state index >= 15 is 0 Å². The molecule has 0 unspecified atom stereocenters. The second-order valence-corrected chi connectivity index (χ2v) is 6.74. The molecule has 1 atom stereocenters. The van der Waals surface area contributed by atoms with E-state index in [1.165, 1.54) is 17.0 Å². The van der Waals surface area contributed by atoms with Gasteiger partial charge in [-0.05, 0) is 37.1 Å². The summed E-state index contributed by atoms with van der Waals surface area (Å²) in [6.45, 7) is 3.53. The van der Waals surface area contributed by atoms with Crippen LogP contribution in [0.3, 0.4) is 0 Å². The van der Waals surface area contributed by atoms with Gasteiger partial charge < -0.3 is 9.84 Å². The van der Waals surface area contributed by atoms with E-state index in [0.717, 1.165) is 17.3 Å². The number of hydrogen-bond acceptors (Lipinski definition) is 6. The fourth-order valence-corrected chi connectivity index (χ4v) is 3.09. The predicted molar refractivity (Wildman–Crippen MR) is 93.8 cm³/mol. The maximum absolute atomic E-state index is 12.4. The number of carbonyl (C=O) groups excluding carboxylic acids is 2. The molecule has 1 amide bonds. The minimum Gasteiger partial charge on any atom is -0.508 e. The van der Waals surface area contributed by atoms with Crippen LogP contribution in [-0.2, 0) is 14.3 Å². The van der Waals surface area contributed by atoms with E-state index in [4.69, 9.17) is 17.0 Å². The lowest BCUT2D eigenvalue weighted by Crippen LogP contribution is -2.35. The fraction of sp³-hybridized carbons (Fsp3) is 0.312. The van der Waals surface area contributed by atoms with Crippen LogP contribution in [0.4, 0.5) is 0 Å². The van der Waals surface area contributed by atoms with Crippen LogP contribution in [0.2, 0.25) is 0 Å². The van der Waals surface area contributed by atoms with Crippen LogP contribution in [0, 0.1) is 0 Å². The number of esters is 1. The number of phenolic OH excluding ortho intramolecular Hbond substituents is 1. The molecule has 5 nitrogen and oxygen atoms in total. The Morgan fingerprint density at radius 3 is 2.70 bits per heavy atom. The summed E-state index contributed by atoms with van der Waals surface area (Å²) in [5, 5.41) is 9.27. The first-order valence-corrected chi connectivity index (χ1v) is 8.37. The van der Waals surface area contributed by atoms with E-state index in [1.807, 2.05) is 6.92 Å². The molecule has 0 saturated carbocycles. The predicted octanol–water partition coefficient (Wildman–Crippen LogP) is 2.94. The minimum absolute atomic E-state index is 0.155. The van der Waals surface area contributed by atoms with Gasteiger partial charge in [0.05, 0.1) is 11.0 Å². The maximum Gasteiger partial charge on any atom is 0.326 e. The Kier molecular flexibility index (Phi) is 5.79. The summed E-state index contributed by atoms with van der Waals surface area (Å²) in [6, 6.07) is 6.46. The molecule has 1 aliphatic rings. The van der Waals surface area contributed by atoms with Gasteiger partial charge in [-0.2, -0.15) is 0 Å². The molecule has 1 aromatic rings. The van der Waals surface area contributed by atoms with Gasteiger partial charge in [-0.1, -0.05) is 43.0 Å². The largest absolute Gasteiger partial charge is 0.508 e. The molecule has 2 rings (SSSR count). The van der Waals surface area contributed by atoms with Gasteiger partial charge in [0.1, 0.15) is 16.6 Å². The summed E-state index contributed by atoms with van der Waals surface area (Å²) in [4.78, 5) is 25.9. The third-order valence-electron chi connectivity index (χ3n) is 3.26. The Hall–Kier alpha value is -1.86. The molecule has 1 aromatic carbocycles. The smallest absolute Gasteiger partial charge is 0.326 e. The van der Waals surface area contributed by atoms with Crippen molar-refractivity contribution < 1.29 is 19.4 Å². The van der Waals surface area contributed by atoms with Crippen LogP contribution in [0.15, 0.2) is 29.2 Å². The zero-order valence-electron chi connectivity index (χ0n) is 12.8. The van der Waals surface area contributed by atoms with Crippen LogP contribution in [0.1, 0.15) is 25.8 Å². The molecule has 1 N–H and O–H groups in total. The van der Waals surface area contributed by atoms with Crippen LogP contribution in [-0.4, -0.2) is 38.9 Å². The first-order chi connectivity index (χ1) is 10.9. The highest BCUT2D eigenvalue weighted by Crippen LogP contribution is 2.32. The first kappa shape index (κ1) is 17.5. The molecule has 1 fully saturated rings. The zero-order valence-corrected chi connectivity index (χ0v) is 14.4. The van der Waals surface area contributed by atoms with Gasteiger partial charge in [0, 0.05) is 0 Å². The summed E-state index contributed by atoms with van der Waals surface area (Å²) in [5.41, 5.74) is 0.769. The number of thiocarbonyl (C=S) groups is 1. The summed E-state index contributed by atoms with van der Waals surface area (Å²) >= 11 is 6.32. The number of carbonyl (C=O) groups is 2. The number of ether oxygens (including phenoxy) is 1. The molecule has 0 radical (unpaired) electrons. The van der Waals surface area contributed by atoms with Gasteiger partial charge in [-0.15, -0.1) is 0 Å². The summed E-state index contributed by atoms with van der Waals surface area (Å²) < 4.78 is 5.51. The lowest BCUT2D eigenvalue weighted by molar-refractivity contribution is -0.150. The number of rotatable bonds is 5. The molecular formula is C16H17NO4S2. The number of hydrogen-bond donors (Lipinski definition) is 1. The Balaban J connectivity index is 2.07. The average Bonchev–Trinajstić information content (AvgIpc) is 2.77. The third kappa shape index (κ3) is 4.56. The maximum atomic E-state index is 12.4. The van der Waals surface area contributed by atoms with Crippen molar-refractivity contribution in [2.45, 2.75) is 26.4 Å². The number of nitrogens with zero attached hydrogens (tertiary/aromatic N) is 1. The normalized spacial score (nSPS) is 17.7. The van der Waals surface area contributed by atoms with Gasteiger partial charge in [-0.3, -0.25) is 14.5 Å². The van der Waals surface area contributed by atoms with Gasteiger partial charge in [0.25, 0.3) is 5.91 Å². The molecule has 1 saturated heterocycles.